The number of hydrogen-bond donors (Lipinski definition) is 0. The van der Waals surface area contributed by atoms with Crippen molar-refractivity contribution < 1.29 is 28.5 Å². The summed E-state index contributed by atoms with van der Waals surface area (Å²) < 4.78 is 22.9. The van der Waals surface area contributed by atoms with Gasteiger partial charge in [0.2, 0.25) is 6.79 Å². The molecule has 3 heterocycles. The Morgan fingerprint density at radius 1 is 1.03 bits per heavy atom. The van der Waals surface area contributed by atoms with Crippen LogP contribution in [0.3, 0.4) is 0 Å². The van der Waals surface area contributed by atoms with Crippen molar-refractivity contribution in [1.29, 1.82) is 0 Å². The normalized spacial score (nSPS) is 25.2. The number of hydrogen-bond acceptors (Lipinski definition) is 6. The molecule has 4 aliphatic rings. The van der Waals surface area contributed by atoms with Crippen molar-refractivity contribution in [3.8, 4) is 17.2 Å². The molecule has 1 aliphatic carbocycles. The first-order valence-corrected chi connectivity index (χ1v) is 12.0. The van der Waals surface area contributed by atoms with Gasteiger partial charge in [0.15, 0.2) is 23.0 Å². The Morgan fingerprint density at radius 3 is 2.76 bits per heavy atom. The lowest BCUT2D eigenvalue weighted by Gasteiger charge is -2.35. The second kappa shape index (κ2) is 8.38. The molecule has 0 spiro atoms. The Labute approximate surface area is 198 Å². The van der Waals surface area contributed by atoms with Gasteiger partial charge in [0, 0.05) is 6.54 Å². The van der Waals surface area contributed by atoms with Gasteiger partial charge in [-0.2, -0.15) is 0 Å². The highest BCUT2D eigenvalue weighted by Gasteiger charge is 2.52. The molecule has 0 bridgehead atoms. The third-order valence-electron chi connectivity index (χ3n) is 7.13. The first kappa shape index (κ1) is 21.1. The average molecular weight is 462 g/mol. The number of Topliss-reactive ketones (excluding diaryl/α,β-unsaturated/α-hetero) is 1. The number of benzene rings is 2. The smallest absolute Gasteiger partial charge is 0.290 e. The molecule has 3 unspecified atom stereocenters. The number of amides is 1. The zero-order valence-corrected chi connectivity index (χ0v) is 19.1. The van der Waals surface area contributed by atoms with Crippen molar-refractivity contribution >= 4 is 11.7 Å². The molecule has 2 aromatic rings. The maximum atomic E-state index is 13.7. The third kappa shape index (κ3) is 3.42. The fourth-order valence-electron chi connectivity index (χ4n) is 5.58. The van der Waals surface area contributed by atoms with Gasteiger partial charge in [-0.25, -0.2) is 0 Å². The molecule has 3 atom stereocenters. The lowest BCUT2D eigenvalue weighted by atomic mass is 9.77. The molecule has 0 saturated heterocycles. The lowest BCUT2D eigenvalue weighted by molar-refractivity contribution is -0.135. The number of rotatable bonds is 5. The zero-order valence-electron chi connectivity index (χ0n) is 19.1. The van der Waals surface area contributed by atoms with Crippen LogP contribution in [0.15, 0.2) is 53.8 Å². The summed E-state index contributed by atoms with van der Waals surface area (Å²) in [6, 6.07) is 12.8. The summed E-state index contributed by atoms with van der Waals surface area (Å²) in [6.07, 6.45) is 3.45. The van der Waals surface area contributed by atoms with E-state index in [0.717, 1.165) is 36.8 Å². The van der Waals surface area contributed by atoms with Crippen molar-refractivity contribution in [1.82, 2.24) is 4.90 Å². The van der Waals surface area contributed by atoms with Gasteiger partial charge in [-0.15, -0.1) is 0 Å². The van der Waals surface area contributed by atoms with E-state index < -0.39 is 6.04 Å². The van der Waals surface area contributed by atoms with Crippen molar-refractivity contribution in [3.63, 3.8) is 0 Å². The van der Waals surface area contributed by atoms with Crippen molar-refractivity contribution in [2.24, 2.45) is 5.92 Å². The van der Waals surface area contributed by atoms with Crippen molar-refractivity contribution in [3.05, 3.63) is 64.9 Å². The fraction of sp³-hybridized carbons (Fsp3) is 0.407. The van der Waals surface area contributed by atoms with E-state index >= 15 is 0 Å². The Kier molecular flexibility index (Phi) is 5.20. The van der Waals surface area contributed by atoms with Gasteiger partial charge in [-0.05, 0) is 61.6 Å². The van der Waals surface area contributed by atoms with Crippen LogP contribution >= 0.6 is 0 Å². The number of carbonyl (C=O) groups excluding carboxylic acids is 2. The average Bonchev–Trinajstić information content (AvgIpc) is 3.43. The van der Waals surface area contributed by atoms with Crippen molar-refractivity contribution in [2.75, 3.05) is 13.4 Å². The quantitative estimate of drug-likeness (QED) is 0.661. The van der Waals surface area contributed by atoms with Crippen LogP contribution in [0.1, 0.15) is 49.8 Å². The molecule has 6 rings (SSSR count). The van der Waals surface area contributed by atoms with E-state index in [9.17, 15) is 9.59 Å². The number of ketones is 1. The van der Waals surface area contributed by atoms with Crippen molar-refractivity contribution in [2.45, 2.75) is 51.3 Å². The lowest BCUT2D eigenvalue weighted by Crippen LogP contribution is -2.39. The molecule has 176 valence electrons. The summed E-state index contributed by atoms with van der Waals surface area (Å²) in [5, 5.41) is 0. The van der Waals surface area contributed by atoms with Gasteiger partial charge >= 0.3 is 0 Å². The molecule has 34 heavy (non-hydrogen) atoms. The molecule has 0 N–H and O–H groups in total. The number of fused-ring (bicyclic) bond motifs is 2. The summed E-state index contributed by atoms with van der Waals surface area (Å²) in [5.74, 6) is 1.93. The second-order valence-electron chi connectivity index (χ2n) is 9.18. The zero-order chi connectivity index (χ0) is 23.2. The molecule has 1 fully saturated rings. The van der Waals surface area contributed by atoms with E-state index in [1.54, 1.807) is 4.90 Å². The highest BCUT2D eigenvalue weighted by molar-refractivity contribution is 6.11. The van der Waals surface area contributed by atoms with Gasteiger partial charge in [-0.1, -0.05) is 24.6 Å². The van der Waals surface area contributed by atoms with Crippen LogP contribution in [0.25, 0.3) is 0 Å². The summed E-state index contributed by atoms with van der Waals surface area (Å²) in [4.78, 5) is 29.2. The molecular formula is C27H27NO6. The Bertz CT molecular complexity index is 1190. The maximum absolute atomic E-state index is 13.7. The summed E-state index contributed by atoms with van der Waals surface area (Å²) >= 11 is 0. The highest BCUT2D eigenvalue weighted by Crippen LogP contribution is 2.48. The molecule has 1 amide bonds. The summed E-state index contributed by atoms with van der Waals surface area (Å²) in [7, 11) is 0. The SMILES string of the molecule is CCOc1cccc(C2C3=C(OC4CCCCC4C3=O)C(=O)N2Cc2ccc3c(c2)OCO3)c1. The van der Waals surface area contributed by atoms with E-state index in [1.807, 2.05) is 49.4 Å². The molecule has 2 aromatic carbocycles. The maximum Gasteiger partial charge on any atom is 0.290 e. The van der Waals surface area contributed by atoms with Crippen LogP contribution in [-0.4, -0.2) is 36.1 Å². The van der Waals surface area contributed by atoms with E-state index in [2.05, 4.69) is 0 Å². The minimum absolute atomic E-state index is 0.0549. The Hall–Kier alpha value is -3.48. The largest absolute Gasteiger partial charge is 0.494 e. The Morgan fingerprint density at radius 2 is 1.88 bits per heavy atom. The number of ether oxygens (including phenoxy) is 4. The van der Waals surface area contributed by atoms with Crippen LogP contribution in [0.4, 0.5) is 0 Å². The van der Waals surface area contributed by atoms with E-state index in [-0.39, 0.29) is 36.3 Å². The third-order valence-corrected chi connectivity index (χ3v) is 7.13. The van der Waals surface area contributed by atoms with Crippen LogP contribution in [-0.2, 0) is 20.9 Å². The molecular weight excluding hydrogens is 434 g/mol. The van der Waals surface area contributed by atoms with E-state index in [4.69, 9.17) is 18.9 Å². The molecule has 1 saturated carbocycles. The second-order valence-corrected chi connectivity index (χ2v) is 9.18. The van der Waals surface area contributed by atoms with E-state index in [0.29, 0.717) is 36.0 Å². The first-order valence-electron chi connectivity index (χ1n) is 12.0. The molecule has 0 radical (unpaired) electrons. The van der Waals surface area contributed by atoms with Gasteiger partial charge in [0.25, 0.3) is 5.91 Å². The van der Waals surface area contributed by atoms with Gasteiger partial charge in [-0.3, -0.25) is 9.59 Å². The molecule has 0 aromatic heterocycles. The van der Waals surface area contributed by atoms with Crippen LogP contribution in [0, 0.1) is 5.92 Å². The van der Waals surface area contributed by atoms with Gasteiger partial charge < -0.3 is 23.8 Å². The topological polar surface area (TPSA) is 74.3 Å². The first-order chi connectivity index (χ1) is 16.6. The van der Waals surface area contributed by atoms with Gasteiger partial charge in [0.1, 0.15) is 11.9 Å². The Balaban J connectivity index is 1.41. The van der Waals surface area contributed by atoms with Gasteiger partial charge in [0.05, 0.1) is 24.1 Å². The van der Waals surface area contributed by atoms with Crippen LogP contribution < -0.4 is 14.2 Å². The van der Waals surface area contributed by atoms with E-state index in [1.165, 1.54) is 0 Å². The summed E-state index contributed by atoms with van der Waals surface area (Å²) in [6.45, 7) is 2.97. The minimum atomic E-state index is -0.524. The minimum Gasteiger partial charge on any atom is -0.494 e. The molecule has 7 heteroatoms. The monoisotopic (exact) mass is 461 g/mol. The van der Waals surface area contributed by atoms with Crippen LogP contribution in [0.5, 0.6) is 17.2 Å². The summed E-state index contributed by atoms with van der Waals surface area (Å²) in [5.41, 5.74) is 2.23. The van der Waals surface area contributed by atoms with Crippen LogP contribution in [0.2, 0.25) is 0 Å². The number of carbonyl (C=O) groups is 2. The predicted molar refractivity (Wildman–Crippen MR) is 122 cm³/mol. The molecule has 7 nitrogen and oxygen atoms in total. The fourth-order valence-corrected chi connectivity index (χ4v) is 5.58. The highest BCUT2D eigenvalue weighted by atomic mass is 16.7. The molecule has 3 aliphatic heterocycles. The number of nitrogens with zero attached hydrogens (tertiary/aromatic N) is 1. The predicted octanol–water partition coefficient (Wildman–Crippen LogP) is 4.31. The standard InChI is InChI=1S/C27H27NO6/c1-2-31-18-7-5-6-17(13-18)24-23-25(29)19-8-3-4-9-20(19)34-26(23)27(30)28(24)14-16-10-11-21-22(12-16)33-15-32-21/h5-7,10-13,19-20,24H,2-4,8-9,14-15H2,1H3.